The van der Waals surface area contributed by atoms with Gasteiger partial charge in [-0.3, -0.25) is 9.78 Å². The molecule has 0 aliphatic carbocycles. The van der Waals surface area contributed by atoms with E-state index in [0.717, 1.165) is 17.2 Å². The Kier molecular flexibility index (Phi) is 5.37. The van der Waals surface area contributed by atoms with Gasteiger partial charge in [0.15, 0.2) is 0 Å². The van der Waals surface area contributed by atoms with E-state index in [9.17, 15) is 4.79 Å². The van der Waals surface area contributed by atoms with Gasteiger partial charge in [0.1, 0.15) is 10.6 Å². The van der Waals surface area contributed by atoms with E-state index in [1.807, 2.05) is 0 Å². The van der Waals surface area contributed by atoms with E-state index in [0.29, 0.717) is 6.42 Å². The van der Waals surface area contributed by atoms with Crippen molar-refractivity contribution in [3.8, 4) is 0 Å². The smallest absolute Gasteiger partial charge is 0.323 e. The minimum atomic E-state index is -0.844. The van der Waals surface area contributed by atoms with Gasteiger partial charge in [0, 0.05) is 12.4 Å². The molecule has 94 valence electrons. The fourth-order valence-corrected chi connectivity index (χ4v) is 2.07. The topological polar surface area (TPSA) is 75.1 Å². The van der Waals surface area contributed by atoms with Crippen LogP contribution in [0.3, 0.4) is 0 Å². The largest absolute Gasteiger partial charge is 0.480 e. The van der Waals surface area contributed by atoms with E-state index in [2.05, 4.69) is 15.3 Å². The number of rotatable bonds is 7. The molecule has 1 unspecified atom stereocenters. The first-order valence-corrected chi connectivity index (χ1v) is 6.38. The van der Waals surface area contributed by atoms with E-state index in [1.165, 1.54) is 0 Å². The maximum absolute atomic E-state index is 11.0. The second-order valence-corrected chi connectivity index (χ2v) is 5.00. The number of hydrogen-bond acceptors (Lipinski definition) is 5. The van der Waals surface area contributed by atoms with Gasteiger partial charge in [-0.1, -0.05) is 0 Å². The Morgan fingerprint density at radius 3 is 2.88 bits per heavy atom. The highest BCUT2D eigenvalue weighted by Gasteiger charge is 2.30. The van der Waals surface area contributed by atoms with Gasteiger partial charge in [-0.25, -0.2) is 4.98 Å². The third-order valence-electron chi connectivity index (χ3n) is 2.63. The molecule has 0 aliphatic heterocycles. The maximum atomic E-state index is 11.0. The van der Waals surface area contributed by atoms with Crippen LogP contribution in [0, 0.1) is 0 Å². The number of carboxylic acids is 1. The van der Waals surface area contributed by atoms with Crippen molar-refractivity contribution < 1.29 is 9.90 Å². The molecule has 1 heterocycles. The van der Waals surface area contributed by atoms with Crippen LogP contribution in [0.25, 0.3) is 0 Å². The standard InChI is InChI=1S/C11H17N3O2S/c1-11(12-2,10(15)16)4-3-7-17-9-8-13-5-6-14-9/h5-6,8,12H,3-4,7H2,1-2H3,(H,15,16). The minimum absolute atomic E-state index is 0.589. The normalized spacial score (nSPS) is 14.2. The summed E-state index contributed by atoms with van der Waals surface area (Å²) in [5, 5.41) is 12.8. The molecule has 5 nitrogen and oxygen atoms in total. The van der Waals surface area contributed by atoms with E-state index in [1.54, 1.807) is 44.3 Å². The van der Waals surface area contributed by atoms with Gasteiger partial charge in [0.05, 0.1) is 6.20 Å². The van der Waals surface area contributed by atoms with Gasteiger partial charge in [0.25, 0.3) is 0 Å². The molecule has 0 saturated heterocycles. The molecule has 1 atom stereocenters. The molecule has 0 aromatic carbocycles. The summed E-state index contributed by atoms with van der Waals surface area (Å²) < 4.78 is 0. The predicted octanol–water partition coefficient (Wildman–Crippen LogP) is 1.41. The van der Waals surface area contributed by atoms with Crippen LogP contribution in [0.2, 0.25) is 0 Å². The zero-order valence-corrected chi connectivity index (χ0v) is 10.8. The summed E-state index contributed by atoms with van der Waals surface area (Å²) in [7, 11) is 1.67. The summed E-state index contributed by atoms with van der Waals surface area (Å²) in [4.78, 5) is 19.1. The summed E-state index contributed by atoms with van der Waals surface area (Å²) in [5.74, 6) is 0.0213. The lowest BCUT2D eigenvalue weighted by Crippen LogP contribution is -2.47. The van der Waals surface area contributed by atoms with Crippen LogP contribution in [-0.4, -0.2) is 39.4 Å². The lowest BCUT2D eigenvalue weighted by molar-refractivity contribution is -0.144. The van der Waals surface area contributed by atoms with Crippen molar-refractivity contribution in [2.24, 2.45) is 0 Å². The Labute approximate surface area is 105 Å². The van der Waals surface area contributed by atoms with Crippen LogP contribution in [0.4, 0.5) is 0 Å². The SMILES string of the molecule is CNC(C)(CCCSc1cnccn1)C(=O)O. The van der Waals surface area contributed by atoms with Gasteiger partial charge in [-0.05, 0) is 32.6 Å². The summed E-state index contributed by atoms with van der Waals surface area (Å²) >= 11 is 1.59. The maximum Gasteiger partial charge on any atom is 0.323 e. The molecule has 1 aromatic rings. The molecule has 0 radical (unpaired) electrons. The van der Waals surface area contributed by atoms with Crippen LogP contribution in [0.15, 0.2) is 23.6 Å². The number of likely N-dealkylation sites (N-methyl/N-ethyl adjacent to an activating group) is 1. The highest BCUT2D eigenvalue weighted by atomic mass is 32.2. The zero-order chi connectivity index (χ0) is 12.7. The van der Waals surface area contributed by atoms with Crippen LogP contribution in [-0.2, 0) is 4.79 Å². The Bertz CT molecular complexity index is 361. The minimum Gasteiger partial charge on any atom is -0.480 e. The summed E-state index contributed by atoms with van der Waals surface area (Å²) in [6, 6.07) is 0. The van der Waals surface area contributed by atoms with Crippen molar-refractivity contribution in [2.75, 3.05) is 12.8 Å². The number of thioether (sulfide) groups is 1. The van der Waals surface area contributed by atoms with Gasteiger partial charge in [-0.2, -0.15) is 0 Å². The molecular formula is C11H17N3O2S. The van der Waals surface area contributed by atoms with Crippen LogP contribution in [0.5, 0.6) is 0 Å². The van der Waals surface area contributed by atoms with Crippen molar-refractivity contribution >= 4 is 17.7 Å². The molecule has 17 heavy (non-hydrogen) atoms. The fraction of sp³-hybridized carbons (Fsp3) is 0.545. The van der Waals surface area contributed by atoms with Crippen molar-refractivity contribution in [2.45, 2.75) is 30.3 Å². The first kappa shape index (κ1) is 13.9. The molecule has 1 aromatic heterocycles. The predicted molar refractivity (Wildman–Crippen MR) is 67.1 cm³/mol. The van der Waals surface area contributed by atoms with Crippen molar-refractivity contribution in [1.82, 2.24) is 15.3 Å². The average molecular weight is 255 g/mol. The van der Waals surface area contributed by atoms with Gasteiger partial charge >= 0.3 is 5.97 Å². The molecule has 6 heteroatoms. The van der Waals surface area contributed by atoms with E-state index in [-0.39, 0.29) is 0 Å². The molecule has 0 fully saturated rings. The van der Waals surface area contributed by atoms with Gasteiger partial charge in [-0.15, -0.1) is 11.8 Å². The summed E-state index contributed by atoms with van der Waals surface area (Å²) in [6.07, 6.45) is 6.39. The zero-order valence-electron chi connectivity index (χ0n) is 10.0. The lowest BCUT2D eigenvalue weighted by atomic mass is 9.97. The number of hydrogen-bond donors (Lipinski definition) is 2. The lowest BCUT2D eigenvalue weighted by Gasteiger charge is -2.23. The number of aromatic nitrogens is 2. The molecule has 2 N–H and O–H groups in total. The molecule has 0 aliphatic rings. The van der Waals surface area contributed by atoms with Crippen molar-refractivity contribution in [3.05, 3.63) is 18.6 Å². The molecule has 1 rings (SSSR count). The Morgan fingerprint density at radius 2 is 2.35 bits per heavy atom. The number of nitrogens with one attached hydrogen (secondary N) is 1. The van der Waals surface area contributed by atoms with Gasteiger partial charge in [0.2, 0.25) is 0 Å². The van der Waals surface area contributed by atoms with E-state index in [4.69, 9.17) is 5.11 Å². The third kappa shape index (κ3) is 4.32. The quantitative estimate of drug-likeness (QED) is 0.567. The van der Waals surface area contributed by atoms with Crippen molar-refractivity contribution in [1.29, 1.82) is 0 Å². The Morgan fingerprint density at radius 1 is 1.59 bits per heavy atom. The molecule has 0 spiro atoms. The third-order valence-corrected chi connectivity index (χ3v) is 3.63. The second-order valence-electron chi connectivity index (χ2n) is 3.88. The Balaban J connectivity index is 2.31. The van der Waals surface area contributed by atoms with E-state index >= 15 is 0 Å². The van der Waals surface area contributed by atoms with Crippen LogP contribution in [0.1, 0.15) is 19.8 Å². The fourth-order valence-electron chi connectivity index (χ4n) is 1.30. The van der Waals surface area contributed by atoms with Crippen molar-refractivity contribution in [3.63, 3.8) is 0 Å². The molecule has 0 saturated carbocycles. The van der Waals surface area contributed by atoms with Gasteiger partial charge < -0.3 is 10.4 Å². The van der Waals surface area contributed by atoms with Crippen LogP contribution >= 0.6 is 11.8 Å². The first-order chi connectivity index (χ1) is 8.08. The number of carboxylic acid groups (broad SMARTS) is 1. The molecular weight excluding hydrogens is 238 g/mol. The highest BCUT2D eigenvalue weighted by Crippen LogP contribution is 2.18. The summed E-state index contributed by atoms with van der Waals surface area (Å²) in [6.45, 7) is 1.70. The summed E-state index contributed by atoms with van der Waals surface area (Å²) in [5.41, 5.74) is -0.844. The average Bonchev–Trinajstić information content (AvgIpc) is 2.35. The van der Waals surface area contributed by atoms with Crippen LogP contribution < -0.4 is 5.32 Å². The monoisotopic (exact) mass is 255 g/mol. The number of carbonyl (C=O) groups is 1. The number of aliphatic carboxylic acids is 1. The highest BCUT2D eigenvalue weighted by molar-refractivity contribution is 7.99. The Hall–Kier alpha value is -1.14. The second kappa shape index (κ2) is 6.56. The molecule has 0 bridgehead atoms. The van der Waals surface area contributed by atoms with E-state index < -0.39 is 11.5 Å². The number of nitrogens with zero attached hydrogens (tertiary/aromatic N) is 2. The first-order valence-electron chi connectivity index (χ1n) is 5.39. The molecule has 0 amide bonds.